The molecular formula is C13H16ClNO. The molecule has 0 bridgehead atoms. The number of nitrogens with zero attached hydrogens (tertiary/aromatic N) is 1. The minimum Gasteiger partial charge on any atom is -0.395 e. The minimum atomic E-state index is -0.304. The van der Waals surface area contributed by atoms with Crippen LogP contribution in [0.25, 0.3) is 10.9 Å². The van der Waals surface area contributed by atoms with Crippen molar-refractivity contribution in [2.75, 3.05) is 6.61 Å². The Hall–Kier alpha value is -0.990. The second kappa shape index (κ2) is 3.79. The molecule has 0 saturated heterocycles. The van der Waals surface area contributed by atoms with E-state index in [4.69, 9.17) is 11.6 Å². The van der Waals surface area contributed by atoms with Gasteiger partial charge in [0.2, 0.25) is 0 Å². The van der Waals surface area contributed by atoms with Gasteiger partial charge in [-0.2, -0.15) is 0 Å². The molecule has 0 aliphatic carbocycles. The summed E-state index contributed by atoms with van der Waals surface area (Å²) in [6, 6.07) is 6.06. The third-order valence-corrected chi connectivity index (χ3v) is 3.53. The molecule has 0 amide bonds. The molecule has 2 nitrogen and oxygen atoms in total. The van der Waals surface area contributed by atoms with Crippen molar-refractivity contribution in [1.29, 1.82) is 0 Å². The molecule has 1 aromatic carbocycles. The normalized spacial score (nSPS) is 12.3. The van der Waals surface area contributed by atoms with Crippen LogP contribution < -0.4 is 0 Å². The minimum absolute atomic E-state index is 0.0884. The molecule has 0 radical (unpaired) electrons. The van der Waals surface area contributed by atoms with Gasteiger partial charge in [-0.1, -0.05) is 31.5 Å². The number of rotatable bonds is 2. The van der Waals surface area contributed by atoms with Crippen molar-refractivity contribution >= 4 is 22.5 Å². The molecule has 0 atom stereocenters. The van der Waals surface area contributed by atoms with Gasteiger partial charge < -0.3 is 9.67 Å². The number of hydrogen-bond acceptors (Lipinski definition) is 1. The summed E-state index contributed by atoms with van der Waals surface area (Å²) in [6.45, 7) is 4.07. The summed E-state index contributed by atoms with van der Waals surface area (Å²) in [6.07, 6.45) is 1.99. The van der Waals surface area contributed by atoms with Crippen LogP contribution in [0.4, 0.5) is 0 Å². The van der Waals surface area contributed by atoms with Crippen molar-refractivity contribution in [2.24, 2.45) is 7.05 Å². The summed E-state index contributed by atoms with van der Waals surface area (Å²) in [5, 5.41) is 11.2. The first kappa shape index (κ1) is 11.5. The number of hydrogen-bond donors (Lipinski definition) is 1. The summed E-state index contributed by atoms with van der Waals surface area (Å²) in [5.74, 6) is 0. The topological polar surface area (TPSA) is 25.2 Å². The molecule has 2 rings (SSSR count). The maximum Gasteiger partial charge on any atom is 0.0538 e. The Balaban J connectivity index is 2.70. The van der Waals surface area contributed by atoms with Crippen molar-refractivity contribution < 1.29 is 5.11 Å². The average Bonchev–Trinajstić information content (AvgIpc) is 2.62. The van der Waals surface area contributed by atoms with Gasteiger partial charge >= 0.3 is 0 Å². The Kier molecular flexibility index (Phi) is 2.72. The van der Waals surface area contributed by atoms with E-state index in [-0.39, 0.29) is 12.0 Å². The van der Waals surface area contributed by atoms with Crippen LogP contribution in [-0.4, -0.2) is 16.3 Å². The van der Waals surface area contributed by atoms with Crippen LogP contribution >= 0.6 is 11.6 Å². The van der Waals surface area contributed by atoms with Crippen molar-refractivity contribution in [3.8, 4) is 0 Å². The first-order valence-electron chi connectivity index (χ1n) is 5.32. The van der Waals surface area contributed by atoms with E-state index >= 15 is 0 Å². The molecule has 0 unspecified atom stereocenters. The van der Waals surface area contributed by atoms with E-state index in [1.54, 1.807) is 0 Å². The van der Waals surface area contributed by atoms with Gasteiger partial charge in [0.05, 0.1) is 11.6 Å². The quantitative estimate of drug-likeness (QED) is 0.853. The predicted molar refractivity (Wildman–Crippen MR) is 68.0 cm³/mol. The predicted octanol–water partition coefficient (Wildman–Crippen LogP) is 3.10. The van der Waals surface area contributed by atoms with Crippen LogP contribution in [0.3, 0.4) is 0 Å². The maximum absolute atomic E-state index is 9.39. The molecule has 2 aromatic rings. The molecule has 1 N–H and O–H groups in total. The summed E-state index contributed by atoms with van der Waals surface area (Å²) < 4.78 is 2.04. The Morgan fingerprint density at radius 1 is 1.31 bits per heavy atom. The average molecular weight is 238 g/mol. The number of halogens is 1. The molecule has 16 heavy (non-hydrogen) atoms. The molecule has 1 aromatic heterocycles. The van der Waals surface area contributed by atoms with Crippen LogP contribution in [0.1, 0.15) is 19.4 Å². The second-order valence-electron chi connectivity index (χ2n) is 4.83. The molecule has 0 aliphatic rings. The van der Waals surface area contributed by atoms with E-state index in [2.05, 4.69) is 0 Å². The van der Waals surface area contributed by atoms with Gasteiger partial charge in [-0.05, 0) is 17.7 Å². The van der Waals surface area contributed by atoms with Gasteiger partial charge in [0.1, 0.15) is 0 Å². The lowest BCUT2D eigenvalue weighted by Crippen LogP contribution is -2.22. The van der Waals surface area contributed by atoms with E-state index in [1.807, 2.05) is 49.9 Å². The maximum atomic E-state index is 9.39. The Morgan fingerprint density at radius 3 is 2.62 bits per heavy atom. The summed E-state index contributed by atoms with van der Waals surface area (Å²) in [5.41, 5.74) is 1.80. The summed E-state index contributed by atoms with van der Waals surface area (Å²) in [4.78, 5) is 0. The highest BCUT2D eigenvalue weighted by Crippen LogP contribution is 2.35. The van der Waals surface area contributed by atoms with Gasteiger partial charge in [-0.15, -0.1) is 0 Å². The van der Waals surface area contributed by atoms with Crippen LogP contribution in [0.15, 0.2) is 24.4 Å². The number of aliphatic hydroxyl groups excluding tert-OH is 1. The van der Waals surface area contributed by atoms with Crippen molar-refractivity contribution in [2.45, 2.75) is 19.3 Å². The number of aromatic nitrogens is 1. The van der Waals surface area contributed by atoms with E-state index in [0.717, 1.165) is 21.5 Å². The monoisotopic (exact) mass is 237 g/mol. The standard InChI is InChI=1S/C13H16ClNO/c1-13(2,8-16)10-4-5-11-9(12(10)14)6-7-15(11)3/h4-7,16H,8H2,1-3H3. The fourth-order valence-corrected chi connectivity index (χ4v) is 2.40. The van der Waals surface area contributed by atoms with E-state index in [1.165, 1.54) is 0 Å². The first-order chi connectivity index (χ1) is 7.47. The SMILES string of the molecule is Cn1ccc2c(Cl)c(C(C)(C)CO)ccc21. The highest BCUT2D eigenvalue weighted by Gasteiger charge is 2.23. The number of aliphatic hydroxyl groups is 1. The van der Waals surface area contributed by atoms with E-state index < -0.39 is 0 Å². The third kappa shape index (κ3) is 1.62. The van der Waals surface area contributed by atoms with Gasteiger partial charge in [0.15, 0.2) is 0 Å². The molecule has 1 heterocycles. The van der Waals surface area contributed by atoms with Crippen LogP contribution in [0, 0.1) is 0 Å². The van der Waals surface area contributed by atoms with Gasteiger partial charge in [0.25, 0.3) is 0 Å². The fraction of sp³-hybridized carbons (Fsp3) is 0.385. The smallest absolute Gasteiger partial charge is 0.0538 e. The van der Waals surface area contributed by atoms with Crippen LogP contribution in [0.5, 0.6) is 0 Å². The van der Waals surface area contributed by atoms with E-state index in [0.29, 0.717) is 0 Å². The second-order valence-corrected chi connectivity index (χ2v) is 5.21. The Morgan fingerprint density at radius 2 is 2.00 bits per heavy atom. The van der Waals surface area contributed by atoms with E-state index in [9.17, 15) is 5.11 Å². The van der Waals surface area contributed by atoms with Crippen LogP contribution in [-0.2, 0) is 12.5 Å². The Labute approximate surface area is 100 Å². The molecule has 0 fully saturated rings. The molecule has 86 valence electrons. The number of aryl methyl sites for hydroxylation is 1. The largest absolute Gasteiger partial charge is 0.395 e. The zero-order valence-corrected chi connectivity index (χ0v) is 10.5. The van der Waals surface area contributed by atoms with Gasteiger partial charge in [-0.25, -0.2) is 0 Å². The lowest BCUT2D eigenvalue weighted by Gasteiger charge is -2.23. The highest BCUT2D eigenvalue weighted by molar-refractivity contribution is 6.36. The lowest BCUT2D eigenvalue weighted by molar-refractivity contribution is 0.218. The third-order valence-electron chi connectivity index (χ3n) is 3.13. The van der Waals surface area contributed by atoms with Crippen LogP contribution in [0.2, 0.25) is 5.02 Å². The zero-order chi connectivity index (χ0) is 11.9. The zero-order valence-electron chi connectivity index (χ0n) is 9.79. The summed E-state index contributed by atoms with van der Waals surface area (Å²) in [7, 11) is 2.00. The summed E-state index contributed by atoms with van der Waals surface area (Å²) >= 11 is 6.39. The molecule has 0 aliphatic heterocycles. The number of fused-ring (bicyclic) bond motifs is 1. The van der Waals surface area contributed by atoms with Crippen molar-refractivity contribution in [1.82, 2.24) is 4.57 Å². The molecular weight excluding hydrogens is 222 g/mol. The highest BCUT2D eigenvalue weighted by atomic mass is 35.5. The van der Waals surface area contributed by atoms with Crippen molar-refractivity contribution in [3.05, 3.63) is 35.0 Å². The van der Waals surface area contributed by atoms with Gasteiger partial charge in [-0.3, -0.25) is 0 Å². The van der Waals surface area contributed by atoms with Crippen molar-refractivity contribution in [3.63, 3.8) is 0 Å². The Bertz CT molecular complexity index is 528. The molecule has 0 spiro atoms. The molecule has 3 heteroatoms. The number of benzene rings is 1. The lowest BCUT2D eigenvalue weighted by atomic mass is 9.85. The molecule has 0 saturated carbocycles. The fourth-order valence-electron chi connectivity index (χ4n) is 1.92. The van der Waals surface area contributed by atoms with Gasteiger partial charge in [0, 0.05) is 29.6 Å². The first-order valence-corrected chi connectivity index (χ1v) is 5.70.